The summed E-state index contributed by atoms with van der Waals surface area (Å²) in [6.07, 6.45) is 5.45. The third-order valence-corrected chi connectivity index (χ3v) is 5.03. The molecule has 0 N–H and O–H groups in total. The molecular weight excluding hydrogens is 316 g/mol. The van der Waals surface area contributed by atoms with Crippen LogP contribution >= 0.6 is 0 Å². The maximum absolute atomic E-state index is 5.46. The summed E-state index contributed by atoms with van der Waals surface area (Å²) in [6.45, 7) is 7.42. The van der Waals surface area contributed by atoms with E-state index in [1.807, 2.05) is 13.0 Å². The minimum atomic E-state index is 0.501. The molecule has 4 heterocycles. The summed E-state index contributed by atoms with van der Waals surface area (Å²) in [5.41, 5.74) is 2.16. The summed E-state index contributed by atoms with van der Waals surface area (Å²) in [4.78, 5) is 22.2. The van der Waals surface area contributed by atoms with E-state index in [0.29, 0.717) is 5.92 Å². The fourth-order valence-electron chi connectivity index (χ4n) is 3.53. The Morgan fingerprint density at radius 3 is 2.08 bits per heavy atom. The lowest BCUT2D eigenvalue weighted by molar-refractivity contribution is 0.0845. The molecule has 7 nitrogen and oxygen atoms in total. The van der Waals surface area contributed by atoms with E-state index in [9.17, 15) is 0 Å². The van der Waals surface area contributed by atoms with Crippen LogP contribution in [0.1, 0.15) is 30.1 Å². The minimum Gasteiger partial charge on any atom is -0.381 e. The number of rotatable bonds is 3. The number of ether oxygens (including phenoxy) is 1. The zero-order valence-corrected chi connectivity index (χ0v) is 14.6. The van der Waals surface area contributed by atoms with Gasteiger partial charge in [0.05, 0.1) is 0 Å². The second kappa shape index (κ2) is 7.31. The molecule has 25 heavy (non-hydrogen) atoms. The average Bonchev–Trinajstić information content (AvgIpc) is 2.69. The molecule has 0 atom stereocenters. The summed E-state index contributed by atoms with van der Waals surface area (Å²) in [6, 6.07) is 4.21. The lowest BCUT2D eigenvalue weighted by Crippen LogP contribution is -2.47. The highest BCUT2D eigenvalue weighted by atomic mass is 16.5. The van der Waals surface area contributed by atoms with Gasteiger partial charge in [0.15, 0.2) is 0 Å². The van der Waals surface area contributed by atoms with Gasteiger partial charge in [-0.1, -0.05) is 0 Å². The van der Waals surface area contributed by atoms with Crippen LogP contribution in [0.15, 0.2) is 24.8 Å². The van der Waals surface area contributed by atoms with Gasteiger partial charge < -0.3 is 14.5 Å². The molecule has 0 saturated carbocycles. The molecule has 0 aliphatic carbocycles. The number of hydrogen-bond acceptors (Lipinski definition) is 7. The lowest BCUT2D eigenvalue weighted by atomic mass is 9.96. The second-order valence-corrected chi connectivity index (χ2v) is 6.68. The Bertz CT molecular complexity index is 710. The number of nitrogens with zero attached hydrogens (tertiary/aromatic N) is 6. The van der Waals surface area contributed by atoms with Gasteiger partial charge in [0.1, 0.15) is 24.3 Å². The highest BCUT2D eigenvalue weighted by molar-refractivity contribution is 5.45. The second-order valence-electron chi connectivity index (χ2n) is 6.68. The molecular formula is C18H24N6O. The van der Waals surface area contributed by atoms with Crippen molar-refractivity contribution in [3.8, 4) is 0 Å². The molecule has 0 unspecified atom stereocenters. The van der Waals surface area contributed by atoms with E-state index in [-0.39, 0.29) is 0 Å². The van der Waals surface area contributed by atoms with Crippen LogP contribution in [-0.4, -0.2) is 59.3 Å². The SMILES string of the molecule is Cc1cc(N2CCN(c3cc(C4CCOCC4)ncn3)CC2)ncn1. The van der Waals surface area contributed by atoms with Gasteiger partial charge in [-0.2, -0.15) is 0 Å². The standard InChI is InChI=1S/C18H24N6O/c1-14-10-17(21-12-19-14)23-4-6-24(7-5-23)18-11-16(20-13-22-18)15-2-8-25-9-3-15/h10-13,15H,2-9H2,1H3. The highest BCUT2D eigenvalue weighted by Gasteiger charge is 2.22. The van der Waals surface area contributed by atoms with Gasteiger partial charge in [0.25, 0.3) is 0 Å². The average molecular weight is 340 g/mol. The topological polar surface area (TPSA) is 67.3 Å². The zero-order valence-electron chi connectivity index (χ0n) is 14.6. The molecule has 0 radical (unpaired) electrons. The van der Waals surface area contributed by atoms with Gasteiger partial charge in [0, 0.05) is 68.8 Å². The maximum atomic E-state index is 5.46. The van der Waals surface area contributed by atoms with Crippen molar-refractivity contribution in [3.05, 3.63) is 36.2 Å². The van der Waals surface area contributed by atoms with Crippen LogP contribution in [0.3, 0.4) is 0 Å². The molecule has 2 aliphatic heterocycles. The zero-order chi connectivity index (χ0) is 17.1. The lowest BCUT2D eigenvalue weighted by Gasteiger charge is -2.36. The van der Waals surface area contributed by atoms with Crippen molar-refractivity contribution >= 4 is 11.6 Å². The van der Waals surface area contributed by atoms with E-state index in [0.717, 1.165) is 75.3 Å². The van der Waals surface area contributed by atoms with E-state index in [2.05, 4.69) is 35.8 Å². The number of anilines is 2. The first-order chi connectivity index (χ1) is 12.3. The number of aryl methyl sites for hydroxylation is 1. The maximum Gasteiger partial charge on any atom is 0.132 e. The van der Waals surface area contributed by atoms with Crippen molar-refractivity contribution in [3.63, 3.8) is 0 Å². The van der Waals surface area contributed by atoms with E-state index in [1.54, 1.807) is 12.7 Å². The Morgan fingerprint density at radius 2 is 1.44 bits per heavy atom. The first kappa shape index (κ1) is 16.2. The van der Waals surface area contributed by atoms with Crippen molar-refractivity contribution in [1.82, 2.24) is 19.9 Å². The van der Waals surface area contributed by atoms with E-state index < -0.39 is 0 Å². The summed E-state index contributed by atoms with van der Waals surface area (Å²) in [5, 5.41) is 0. The Balaban J connectivity index is 1.42. The molecule has 0 bridgehead atoms. The molecule has 132 valence electrons. The highest BCUT2D eigenvalue weighted by Crippen LogP contribution is 2.27. The van der Waals surface area contributed by atoms with Crippen molar-refractivity contribution in [1.29, 1.82) is 0 Å². The van der Waals surface area contributed by atoms with Crippen LogP contribution < -0.4 is 9.80 Å². The predicted octanol–water partition coefficient (Wildman–Crippen LogP) is 1.80. The van der Waals surface area contributed by atoms with Crippen LogP contribution in [0.2, 0.25) is 0 Å². The third-order valence-electron chi connectivity index (χ3n) is 5.03. The molecule has 0 spiro atoms. The molecule has 2 aromatic rings. The normalized spacial score (nSPS) is 19.2. The van der Waals surface area contributed by atoms with Gasteiger partial charge in [-0.3, -0.25) is 0 Å². The van der Waals surface area contributed by atoms with Crippen molar-refractivity contribution in [2.24, 2.45) is 0 Å². The van der Waals surface area contributed by atoms with Crippen LogP contribution in [0.5, 0.6) is 0 Å². The summed E-state index contributed by atoms with van der Waals surface area (Å²) < 4.78 is 5.46. The summed E-state index contributed by atoms with van der Waals surface area (Å²) >= 11 is 0. The Morgan fingerprint density at radius 1 is 0.840 bits per heavy atom. The molecule has 4 rings (SSSR count). The Hall–Kier alpha value is -2.28. The molecule has 2 aliphatic rings. The largest absolute Gasteiger partial charge is 0.381 e. The van der Waals surface area contributed by atoms with Gasteiger partial charge in [-0.05, 0) is 19.8 Å². The van der Waals surface area contributed by atoms with Crippen molar-refractivity contribution < 1.29 is 4.74 Å². The minimum absolute atomic E-state index is 0.501. The van der Waals surface area contributed by atoms with Crippen LogP contribution in [0.4, 0.5) is 11.6 Å². The molecule has 2 aromatic heterocycles. The molecule has 2 fully saturated rings. The summed E-state index contributed by atoms with van der Waals surface area (Å²) in [5.74, 6) is 2.55. The van der Waals surface area contributed by atoms with Gasteiger partial charge >= 0.3 is 0 Å². The number of hydrogen-bond donors (Lipinski definition) is 0. The smallest absolute Gasteiger partial charge is 0.132 e. The Kier molecular flexibility index (Phi) is 4.74. The first-order valence-corrected chi connectivity index (χ1v) is 8.98. The van der Waals surface area contributed by atoms with E-state index >= 15 is 0 Å². The van der Waals surface area contributed by atoms with Gasteiger partial charge in [-0.15, -0.1) is 0 Å². The number of aromatic nitrogens is 4. The van der Waals surface area contributed by atoms with Crippen molar-refractivity contribution in [2.45, 2.75) is 25.7 Å². The van der Waals surface area contributed by atoms with Gasteiger partial charge in [0.2, 0.25) is 0 Å². The number of piperazine rings is 1. The van der Waals surface area contributed by atoms with Crippen LogP contribution in [0, 0.1) is 6.92 Å². The van der Waals surface area contributed by atoms with E-state index in [1.165, 1.54) is 0 Å². The predicted molar refractivity (Wildman–Crippen MR) is 96.0 cm³/mol. The third kappa shape index (κ3) is 3.71. The van der Waals surface area contributed by atoms with Gasteiger partial charge in [-0.25, -0.2) is 19.9 Å². The monoisotopic (exact) mass is 340 g/mol. The fraction of sp³-hybridized carbons (Fsp3) is 0.556. The molecule has 0 amide bonds. The van der Waals surface area contributed by atoms with Crippen LogP contribution in [0.25, 0.3) is 0 Å². The molecule has 0 aromatic carbocycles. The quantitative estimate of drug-likeness (QED) is 0.844. The van der Waals surface area contributed by atoms with E-state index in [4.69, 9.17) is 4.74 Å². The Labute approximate surface area is 148 Å². The van der Waals surface area contributed by atoms with Crippen molar-refractivity contribution in [2.75, 3.05) is 49.2 Å². The molecule has 2 saturated heterocycles. The summed E-state index contributed by atoms with van der Waals surface area (Å²) in [7, 11) is 0. The van der Waals surface area contributed by atoms with Crippen LogP contribution in [-0.2, 0) is 4.74 Å². The first-order valence-electron chi connectivity index (χ1n) is 8.98. The fourth-order valence-corrected chi connectivity index (χ4v) is 3.53. The molecule has 7 heteroatoms.